The highest BCUT2D eigenvalue weighted by Crippen LogP contribution is 2.30. The van der Waals surface area contributed by atoms with Crippen molar-refractivity contribution in [3.05, 3.63) is 40.8 Å². The maximum Gasteiger partial charge on any atom is 0.291 e. The van der Waals surface area contributed by atoms with Gasteiger partial charge in [-0.2, -0.15) is 5.10 Å². The minimum atomic E-state index is -0.461. The Morgan fingerprint density at radius 1 is 1.24 bits per heavy atom. The summed E-state index contributed by atoms with van der Waals surface area (Å²) in [6, 6.07) is 7.33. The number of rotatable bonds is 6. The van der Waals surface area contributed by atoms with Gasteiger partial charge in [-0.05, 0) is 12.5 Å². The standard InChI is InChI=1S/C21H27N5O3/c1-3-17(20(27)22-8-9-25-10-12-29-13-11-25)26-18-7-5-4-6-15(18)16-14-23-24(2)21(28)19(16)26/h4-7,14,17H,3,8-13H2,1-2H3,(H,22,27). The SMILES string of the molecule is CCC(C(=O)NCCN1CCOCC1)n1c2ccccc2c2cnn(C)c(=O)c21. The molecule has 1 N–H and O–H groups in total. The van der Waals surface area contributed by atoms with Gasteiger partial charge in [-0.25, -0.2) is 4.68 Å². The van der Waals surface area contributed by atoms with Crippen LogP contribution in [0.15, 0.2) is 35.3 Å². The van der Waals surface area contributed by atoms with Crippen LogP contribution in [0.4, 0.5) is 0 Å². The number of aryl methyl sites for hydroxylation is 1. The molecule has 1 aliphatic rings. The Morgan fingerprint density at radius 2 is 2.00 bits per heavy atom. The number of benzene rings is 1. The van der Waals surface area contributed by atoms with Gasteiger partial charge in [-0.1, -0.05) is 25.1 Å². The predicted molar refractivity (Wildman–Crippen MR) is 112 cm³/mol. The molecule has 1 aliphatic heterocycles. The molecule has 1 fully saturated rings. The molecule has 4 rings (SSSR count). The van der Waals surface area contributed by atoms with Crippen molar-refractivity contribution >= 4 is 27.7 Å². The van der Waals surface area contributed by atoms with Gasteiger partial charge in [0.1, 0.15) is 11.6 Å². The number of amides is 1. The van der Waals surface area contributed by atoms with E-state index in [9.17, 15) is 9.59 Å². The van der Waals surface area contributed by atoms with Crippen molar-refractivity contribution in [2.24, 2.45) is 7.05 Å². The normalized spacial score (nSPS) is 16.3. The molecule has 2 aromatic heterocycles. The lowest BCUT2D eigenvalue weighted by atomic mass is 10.2. The lowest BCUT2D eigenvalue weighted by Crippen LogP contribution is -2.42. The summed E-state index contributed by atoms with van der Waals surface area (Å²) in [4.78, 5) is 28.3. The monoisotopic (exact) mass is 397 g/mol. The maximum absolute atomic E-state index is 13.1. The van der Waals surface area contributed by atoms with Gasteiger partial charge in [0.25, 0.3) is 5.56 Å². The molecule has 1 amide bonds. The third-order valence-electron chi connectivity index (χ3n) is 5.64. The smallest absolute Gasteiger partial charge is 0.291 e. The second-order valence-electron chi connectivity index (χ2n) is 7.39. The first kappa shape index (κ1) is 19.6. The first-order chi connectivity index (χ1) is 14.1. The number of aromatic nitrogens is 3. The van der Waals surface area contributed by atoms with E-state index < -0.39 is 6.04 Å². The molecule has 29 heavy (non-hydrogen) atoms. The summed E-state index contributed by atoms with van der Waals surface area (Å²) in [6.45, 7) is 6.61. The van der Waals surface area contributed by atoms with Crippen LogP contribution in [0.3, 0.4) is 0 Å². The summed E-state index contributed by atoms with van der Waals surface area (Å²) in [5.74, 6) is -0.0673. The minimum absolute atomic E-state index is 0.0673. The molecule has 0 spiro atoms. The van der Waals surface area contributed by atoms with Gasteiger partial charge >= 0.3 is 0 Å². The van der Waals surface area contributed by atoms with E-state index in [0.717, 1.165) is 49.1 Å². The topological polar surface area (TPSA) is 81.4 Å². The van der Waals surface area contributed by atoms with Gasteiger partial charge in [0, 0.05) is 44.0 Å². The van der Waals surface area contributed by atoms with E-state index in [-0.39, 0.29) is 11.5 Å². The van der Waals surface area contributed by atoms with Gasteiger partial charge in [0.15, 0.2) is 0 Å². The molecule has 3 aromatic rings. The van der Waals surface area contributed by atoms with Gasteiger partial charge < -0.3 is 14.6 Å². The van der Waals surface area contributed by atoms with Crippen molar-refractivity contribution in [1.29, 1.82) is 0 Å². The van der Waals surface area contributed by atoms with Crippen molar-refractivity contribution in [3.63, 3.8) is 0 Å². The number of hydrogen-bond acceptors (Lipinski definition) is 5. The van der Waals surface area contributed by atoms with Crippen LogP contribution in [0, 0.1) is 0 Å². The number of fused-ring (bicyclic) bond motifs is 3. The predicted octanol–water partition coefficient (Wildman–Crippen LogP) is 1.29. The number of carbonyl (C=O) groups is 1. The molecule has 1 unspecified atom stereocenters. The summed E-state index contributed by atoms with van der Waals surface area (Å²) >= 11 is 0. The molecule has 1 atom stereocenters. The molecule has 1 saturated heterocycles. The number of nitrogens with one attached hydrogen (secondary N) is 1. The zero-order valence-corrected chi connectivity index (χ0v) is 16.9. The lowest BCUT2D eigenvalue weighted by molar-refractivity contribution is -0.124. The van der Waals surface area contributed by atoms with E-state index in [1.54, 1.807) is 13.2 Å². The zero-order chi connectivity index (χ0) is 20.4. The summed E-state index contributed by atoms with van der Waals surface area (Å²) in [6.07, 6.45) is 2.29. The van der Waals surface area contributed by atoms with E-state index in [1.807, 2.05) is 35.8 Å². The number of hydrogen-bond donors (Lipinski definition) is 1. The molecule has 0 radical (unpaired) electrons. The molecule has 1 aromatic carbocycles. The number of nitrogens with zero attached hydrogens (tertiary/aromatic N) is 4. The van der Waals surface area contributed by atoms with E-state index in [1.165, 1.54) is 4.68 Å². The quantitative estimate of drug-likeness (QED) is 0.678. The van der Waals surface area contributed by atoms with Crippen LogP contribution in [0.1, 0.15) is 19.4 Å². The van der Waals surface area contributed by atoms with Crippen LogP contribution in [0.25, 0.3) is 21.8 Å². The second kappa shape index (κ2) is 8.34. The Balaban J connectivity index is 1.66. The van der Waals surface area contributed by atoms with E-state index >= 15 is 0 Å². The number of para-hydroxylation sites is 1. The van der Waals surface area contributed by atoms with Crippen molar-refractivity contribution in [2.45, 2.75) is 19.4 Å². The Hall–Kier alpha value is -2.71. The highest BCUT2D eigenvalue weighted by atomic mass is 16.5. The maximum atomic E-state index is 13.1. The summed E-state index contributed by atoms with van der Waals surface area (Å²) in [7, 11) is 1.63. The fourth-order valence-electron chi connectivity index (χ4n) is 4.08. The molecule has 0 aliphatic carbocycles. The number of carbonyl (C=O) groups excluding carboxylic acids is 1. The average Bonchev–Trinajstić information content (AvgIpc) is 3.07. The zero-order valence-electron chi connectivity index (χ0n) is 16.9. The number of ether oxygens (including phenoxy) is 1. The van der Waals surface area contributed by atoms with Gasteiger partial charge in [-0.15, -0.1) is 0 Å². The van der Waals surface area contributed by atoms with Crippen LogP contribution in [-0.2, 0) is 16.6 Å². The fourth-order valence-corrected chi connectivity index (χ4v) is 4.08. The highest BCUT2D eigenvalue weighted by Gasteiger charge is 2.25. The largest absolute Gasteiger partial charge is 0.379 e. The van der Waals surface area contributed by atoms with Crippen LogP contribution in [0.2, 0.25) is 0 Å². The molecular weight excluding hydrogens is 370 g/mol. The van der Waals surface area contributed by atoms with E-state index in [0.29, 0.717) is 18.5 Å². The van der Waals surface area contributed by atoms with Crippen molar-refractivity contribution in [1.82, 2.24) is 24.6 Å². The second-order valence-corrected chi connectivity index (χ2v) is 7.39. The fraction of sp³-hybridized carbons (Fsp3) is 0.476. The lowest BCUT2D eigenvalue weighted by Gasteiger charge is -2.27. The summed E-state index contributed by atoms with van der Waals surface area (Å²) in [5, 5.41) is 8.96. The van der Waals surface area contributed by atoms with Gasteiger partial charge in [0.2, 0.25) is 5.91 Å². The Morgan fingerprint density at radius 3 is 2.76 bits per heavy atom. The van der Waals surface area contributed by atoms with Gasteiger partial charge in [-0.3, -0.25) is 14.5 Å². The van der Waals surface area contributed by atoms with Crippen molar-refractivity contribution in [2.75, 3.05) is 39.4 Å². The Bertz CT molecular complexity index is 1080. The molecular formula is C21H27N5O3. The highest BCUT2D eigenvalue weighted by molar-refractivity contribution is 6.08. The third kappa shape index (κ3) is 3.65. The Labute approximate surface area is 169 Å². The average molecular weight is 397 g/mol. The van der Waals surface area contributed by atoms with Crippen LogP contribution < -0.4 is 10.9 Å². The van der Waals surface area contributed by atoms with Crippen molar-refractivity contribution in [3.8, 4) is 0 Å². The molecule has 0 bridgehead atoms. The number of morpholine rings is 1. The van der Waals surface area contributed by atoms with Crippen molar-refractivity contribution < 1.29 is 9.53 Å². The van der Waals surface area contributed by atoms with Gasteiger partial charge in [0.05, 0.1) is 24.9 Å². The van der Waals surface area contributed by atoms with E-state index in [2.05, 4.69) is 15.3 Å². The first-order valence-corrected chi connectivity index (χ1v) is 10.1. The molecule has 8 nitrogen and oxygen atoms in total. The summed E-state index contributed by atoms with van der Waals surface area (Å²) in [5.41, 5.74) is 1.21. The Kier molecular flexibility index (Phi) is 5.64. The van der Waals surface area contributed by atoms with E-state index in [4.69, 9.17) is 4.74 Å². The van der Waals surface area contributed by atoms with Crippen LogP contribution >= 0.6 is 0 Å². The summed E-state index contributed by atoms with van der Waals surface area (Å²) < 4.78 is 8.57. The first-order valence-electron chi connectivity index (χ1n) is 10.1. The minimum Gasteiger partial charge on any atom is -0.379 e. The van der Waals surface area contributed by atoms with Crippen LogP contribution in [0.5, 0.6) is 0 Å². The van der Waals surface area contributed by atoms with Crippen LogP contribution in [-0.4, -0.2) is 64.5 Å². The molecule has 8 heteroatoms. The molecule has 3 heterocycles. The molecule has 154 valence electrons. The third-order valence-corrected chi connectivity index (χ3v) is 5.64. The molecule has 0 saturated carbocycles.